The Morgan fingerprint density at radius 3 is 2.24 bits per heavy atom. The zero-order valence-corrected chi connectivity index (χ0v) is 21.0. The van der Waals surface area contributed by atoms with Crippen LogP contribution in [0.4, 0.5) is 11.4 Å². The number of sulfonamides is 2. The van der Waals surface area contributed by atoms with Gasteiger partial charge in [0.25, 0.3) is 20.0 Å². The van der Waals surface area contributed by atoms with Crippen LogP contribution in [-0.4, -0.2) is 30.0 Å². The van der Waals surface area contributed by atoms with Crippen LogP contribution >= 0.6 is 0 Å². The molecule has 3 aromatic rings. The molecule has 0 saturated heterocycles. The molecule has 0 amide bonds. The standard InChI is InChI=1S/C25H28N2O5S2/c1-4-32-25-18(2)15-23(16-19(25)3)33(28,29)26-21-12-13-24-20(17-21)9-8-14-27(24)34(30,31)22-10-6-5-7-11-22/h5-7,10-13,15-17,26H,4,8-9,14H2,1-3H3. The third-order valence-electron chi connectivity index (χ3n) is 5.77. The fourth-order valence-corrected chi connectivity index (χ4v) is 7.03. The van der Waals surface area contributed by atoms with Crippen LogP contribution in [0.25, 0.3) is 0 Å². The first-order valence-corrected chi connectivity index (χ1v) is 14.0. The van der Waals surface area contributed by atoms with Crippen molar-refractivity contribution in [2.24, 2.45) is 0 Å². The minimum Gasteiger partial charge on any atom is -0.493 e. The molecule has 7 nitrogen and oxygen atoms in total. The molecule has 0 aliphatic carbocycles. The SMILES string of the molecule is CCOc1c(C)cc(S(=O)(=O)Nc2ccc3c(c2)CCCN3S(=O)(=O)c2ccccc2)cc1C. The van der Waals surface area contributed by atoms with E-state index in [9.17, 15) is 16.8 Å². The lowest BCUT2D eigenvalue weighted by Crippen LogP contribution is -2.35. The fourth-order valence-electron chi connectivity index (χ4n) is 4.25. The van der Waals surface area contributed by atoms with E-state index < -0.39 is 20.0 Å². The molecule has 1 N–H and O–H groups in total. The van der Waals surface area contributed by atoms with Crippen molar-refractivity contribution in [3.63, 3.8) is 0 Å². The molecule has 4 rings (SSSR count). The zero-order chi connectivity index (χ0) is 24.5. The number of hydrogen-bond donors (Lipinski definition) is 1. The summed E-state index contributed by atoms with van der Waals surface area (Å²) in [6, 6.07) is 16.5. The van der Waals surface area contributed by atoms with E-state index in [2.05, 4.69) is 4.72 Å². The Morgan fingerprint density at radius 2 is 1.59 bits per heavy atom. The first-order chi connectivity index (χ1) is 16.1. The quantitative estimate of drug-likeness (QED) is 0.510. The molecule has 9 heteroatoms. The van der Waals surface area contributed by atoms with E-state index >= 15 is 0 Å². The number of anilines is 2. The summed E-state index contributed by atoms with van der Waals surface area (Å²) in [6.07, 6.45) is 1.31. The molecule has 0 aromatic heterocycles. The van der Waals surface area contributed by atoms with E-state index in [0.29, 0.717) is 43.1 Å². The zero-order valence-electron chi connectivity index (χ0n) is 19.4. The van der Waals surface area contributed by atoms with Crippen LogP contribution < -0.4 is 13.8 Å². The third kappa shape index (κ3) is 4.63. The van der Waals surface area contributed by atoms with Gasteiger partial charge in [-0.15, -0.1) is 0 Å². The molecule has 1 aliphatic rings. The Hall–Kier alpha value is -3.04. The number of hydrogen-bond acceptors (Lipinski definition) is 5. The van der Waals surface area contributed by atoms with Gasteiger partial charge in [-0.2, -0.15) is 0 Å². The number of ether oxygens (including phenoxy) is 1. The Labute approximate surface area is 201 Å². The number of nitrogens with one attached hydrogen (secondary N) is 1. The van der Waals surface area contributed by atoms with Gasteiger partial charge >= 0.3 is 0 Å². The third-order valence-corrected chi connectivity index (χ3v) is 8.96. The molecule has 0 spiro atoms. The van der Waals surface area contributed by atoms with Gasteiger partial charge in [-0.25, -0.2) is 16.8 Å². The van der Waals surface area contributed by atoms with Gasteiger partial charge in [-0.1, -0.05) is 18.2 Å². The highest BCUT2D eigenvalue weighted by atomic mass is 32.2. The lowest BCUT2D eigenvalue weighted by Gasteiger charge is -2.31. The molecule has 0 radical (unpaired) electrons. The highest BCUT2D eigenvalue weighted by molar-refractivity contribution is 7.93. The maximum atomic E-state index is 13.2. The molecule has 0 saturated carbocycles. The molecular weight excluding hydrogens is 472 g/mol. The molecule has 3 aromatic carbocycles. The molecule has 180 valence electrons. The predicted molar refractivity (Wildman–Crippen MR) is 134 cm³/mol. The summed E-state index contributed by atoms with van der Waals surface area (Å²) in [5, 5.41) is 0. The lowest BCUT2D eigenvalue weighted by molar-refractivity contribution is 0.335. The maximum absolute atomic E-state index is 13.2. The molecular formula is C25H28N2O5S2. The summed E-state index contributed by atoms with van der Waals surface area (Å²) in [5.74, 6) is 0.690. The van der Waals surface area contributed by atoms with E-state index in [4.69, 9.17) is 4.74 Å². The Kier molecular flexibility index (Phi) is 6.60. The average Bonchev–Trinajstić information content (AvgIpc) is 2.81. The van der Waals surface area contributed by atoms with Crippen molar-refractivity contribution in [1.82, 2.24) is 0 Å². The van der Waals surface area contributed by atoms with Crippen molar-refractivity contribution < 1.29 is 21.6 Å². The summed E-state index contributed by atoms with van der Waals surface area (Å²) < 4.78 is 62.2. The lowest BCUT2D eigenvalue weighted by atomic mass is 10.0. The number of nitrogens with zero attached hydrogens (tertiary/aromatic N) is 1. The maximum Gasteiger partial charge on any atom is 0.264 e. The van der Waals surface area contributed by atoms with Crippen molar-refractivity contribution >= 4 is 31.4 Å². The molecule has 34 heavy (non-hydrogen) atoms. The summed E-state index contributed by atoms with van der Waals surface area (Å²) >= 11 is 0. The van der Waals surface area contributed by atoms with Gasteiger partial charge in [0.1, 0.15) is 5.75 Å². The molecule has 0 fully saturated rings. The molecule has 1 aliphatic heterocycles. The summed E-state index contributed by atoms with van der Waals surface area (Å²) in [6.45, 7) is 6.39. The van der Waals surface area contributed by atoms with Crippen LogP contribution in [0.5, 0.6) is 5.75 Å². The summed E-state index contributed by atoms with van der Waals surface area (Å²) in [4.78, 5) is 0.380. The van der Waals surface area contributed by atoms with Gasteiger partial charge in [0.05, 0.1) is 22.1 Å². The second-order valence-corrected chi connectivity index (χ2v) is 11.8. The van der Waals surface area contributed by atoms with Gasteiger partial charge in [0, 0.05) is 12.2 Å². The van der Waals surface area contributed by atoms with Gasteiger partial charge in [-0.3, -0.25) is 9.03 Å². The van der Waals surface area contributed by atoms with Crippen LogP contribution in [0.1, 0.15) is 30.0 Å². The Bertz CT molecular complexity index is 1400. The number of rotatable bonds is 7. The van der Waals surface area contributed by atoms with Gasteiger partial charge < -0.3 is 4.74 Å². The normalized spacial score (nSPS) is 13.9. The van der Waals surface area contributed by atoms with Crippen LogP contribution in [0.15, 0.2) is 70.5 Å². The summed E-state index contributed by atoms with van der Waals surface area (Å²) in [5.41, 5.74) is 3.24. The first-order valence-electron chi connectivity index (χ1n) is 11.1. The highest BCUT2D eigenvalue weighted by Gasteiger charge is 2.29. The largest absolute Gasteiger partial charge is 0.493 e. The molecule has 0 atom stereocenters. The Morgan fingerprint density at radius 1 is 0.912 bits per heavy atom. The fraction of sp³-hybridized carbons (Fsp3) is 0.280. The minimum absolute atomic E-state index is 0.150. The van der Waals surface area contributed by atoms with Crippen molar-refractivity contribution in [1.29, 1.82) is 0 Å². The highest BCUT2D eigenvalue weighted by Crippen LogP contribution is 2.35. The monoisotopic (exact) mass is 500 g/mol. The van der Waals surface area contributed by atoms with Crippen LogP contribution in [-0.2, 0) is 26.5 Å². The van der Waals surface area contributed by atoms with Gasteiger partial charge in [0.2, 0.25) is 0 Å². The predicted octanol–water partition coefficient (Wildman–Crippen LogP) is 4.64. The number of aryl methyl sites for hydroxylation is 3. The first kappa shape index (κ1) is 24.1. The summed E-state index contributed by atoms with van der Waals surface area (Å²) in [7, 11) is -7.54. The van der Waals surface area contributed by atoms with E-state index in [-0.39, 0.29) is 9.79 Å². The van der Waals surface area contributed by atoms with Crippen molar-refractivity contribution in [2.45, 2.75) is 43.4 Å². The van der Waals surface area contributed by atoms with E-state index in [1.807, 2.05) is 20.8 Å². The van der Waals surface area contributed by atoms with Crippen molar-refractivity contribution in [3.05, 3.63) is 77.4 Å². The average molecular weight is 501 g/mol. The minimum atomic E-state index is -3.84. The molecule has 1 heterocycles. The number of benzene rings is 3. The van der Waals surface area contributed by atoms with Crippen molar-refractivity contribution in [3.8, 4) is 5.75 Å². The second kappa shape index (κ2) is 9.31. The van der Waals surface area contributed by atoms with E-state index in [1.165, 1.54) is 4.31 Å². The van der Waals surface area contributed by atoms with Crippen LogP contribution in [0, 0.1) is 13.8 Å². The van der Waals surface area contributed by atoms with E-state index in [1.54, 1.807) is 60.7 Å². The van der Waals surface area contributed by atoms with Gasteiger partial charge in [0.15, 0.2) is 0 Å². The van der Waals surface area contributed by atoms with Gasteiger partial charge in [-0.05, 0) is 92.8 Å². The Balaban J connectivity index is 1.64. The van der Waals surface area contributed by atoms with Crippen LogP contribution in [0.2, 0.25) is 0 Å². The number of fused-ring (bicyclic) bond motifs is 1. The van der Waals surface area contributed by atoms with Crippen LogP contribution in [0.3, 0.4) is 0 Å². The van der Waals surface area contributed by atoms with E-state index in [0.717, 1.165) is 16.7 Å². The smallest absolute Gasteiger partial charge is 0.264 e. The van der Waals surface area contributed by atoms with Crippen molar-refractivity contribution in [2.75, 3.05) is 22.2 Å². The topological polar surface area (TPSA) is 92.8 Å². The molecule has 0 unspecified atom stereocenters. The molecule has 0 bridgehead atoms. The second-order valence-electron chi connectivity index (χ2n) is 8.26.